The van der Waals surface area contributed by atoms with Gasteiger partial charge in [-0.2, -0.15) is 0 Å². The number of nitrogens with one attached hydrogen (secondary N) is 1. The molecule has 0 spiro atoms. The van der Waals surface area contributed by atoms with Crippen molar-refractivity contribution in [2.24, 2.45) is 5.92 Å². The number of fused-ring (bicyclic) bond motifs is 3. The normalized spacial score (nSPS) is 20.3. The molecule has 8 heteroatoms. The minimum Gasteiger partial charge on any atom is -0.361 e. The van der Waals surface area contributed by atoms with E-state index in [-0.39, 0.29) is 18.2 Å². The molecule has 1 saturated heterocycles. The van der Waals surface area contributed by atoms with Gasteiger partial charge in [0.15, 0.2) is 5.65 Å². The van der Waals surface area contributed by atoms with Gasteiger partial charge in [0.25, 0.3) is 0 Å². The van der Waals surface area contributed by atoms with Gasteiger partial charge >= 0.3 is 0 Å². The van der Waals surface area contributed by atoms with Gasteiger partial charge in [-0.05, 0) is 25.3 Å². The quantitative estimate of drug-likeness (QED) is 0.592. The highest BCUT2D eigenvalue weighted by Crippen LogP contribution is 2.33. The van der Waals surface area contributed by atoms with Crippen LogP contribution in [0.1, 0.15) is 36.5 Å². The number of aromatic nitrogens is 5. The van der Waals surface area contributed by atoms with E-state index in [0.717, 1.165) is 41.2 Å². The van der Waals surface area contributed by atoms with Crippen LogP contribution in [0.4, 0.5) is 0 Å². The predicted molar refractivity (Wildman–Crippen MR) is 103 cm³/mol. The summed E-state index contributed by atoms with van der Waals surface area (Å²) >= 11 is 0. The Labute approximate surface area is 161 Å². The van der Waals surface area contributed by atoms with Gasteiger partial charge in [-0.15, -0.1) is 0 Å². The Morgan fingerprint density at radius 1 is 1.36 bits per heavy atom. The van der Waals surface area contributed by atoms with Gasteiger partial charge in [0.2, 0.25) is 5.91 Å². The molecule has 0 aromatic carbocycles. The number of hydrogen-bond donors (Lipinski definition) is 1. The number of carbonyl (C=O) groups is 1. The molecule has 8 nitrogen and oxygen atoms in total. The fourth-order valence-corrected chi connectivity index (χ4v) is 4.15. The highest BCUT2D eigenvalue weighted by Gasteiger charge is 2.33. The first-order valence-electron chi connectivity index (χ1n) is 9.59. The first-order valence-corrected chi connectivity index (χ1v) is 9.59. The Bertz CT molecular complexity index is 1160. The standard InChI is InChI=1S/C20H22N6O2/c1-12-4-6-25(18(27)8-15-7-13(2)24-28-15)11-16(12)20-23-10-14-9-22-19-17(26(14)20)3-5-21-19/h3,5,7,9-10,12,16,21H,4,6,8,11H2,1-2H3/t12-,16+/m0/s1. The average molecular weight is 378 g/mol. The lowest BCUT2D eigenvalue weighted by Crippen LogP contribution is -2.43. The van der Waals surface area contributed by atoms with Crippen LogP contribution in [-0.4, -0.2) is 48.4 Å². The molecular weight excluding hydrogens is 356 g/mol. The monoisotopic (exact) mass is 378 g/mol. The molecule has 28 heavy (non-hydrogen) atoms. The van der Waals surface area contributed by atoms with Crippen molar-refractivity contribution >= 4 is 22.6 Å². The van der Waals surface area contributed by atoms with Gasteiger partial charge in [0, 0.05) is 31.3 Å². The summed E-state index contributed by atoms with van der Waals surface area (Å²) in [5.41, 5.74) is 3.61. The molecule has 2 atom stereocenters. The molecule has 1 amide bonds. The number of aryl methyl sites for hydroxylation is 1. The first-order chi connectivity index (χ1) is 13.6. The van der Waals surface area contributed by atoms with E-state index in [4.69, 9.17) is 9.51 Å². The number of nitrogens with zero attached hydrogens (tertiary/aromatic N) is 5. The molecular formula is C20H22N6O2. The van der Waals surface area contributed by atoms with Crippen molar-refractivity contribution in [1.29, 1.82) is 0 Å². The third-order valence-corrected chi connectivity index (χ3v) is 5.73. The molecule has 144 valence electrons. The van der Waals surface area contributed by atoms with Gasteiger partial charge in [-0.25, -0.2) is 9.97 Å². The first kappa shape index (κ1) is 17.0. The molecule has 0 bridgehead atoms. The molecule has 5 rings (SSSR count). The Hall–Kier alpha value is -3.16. The van der Waals surface area contributed by atoms with E-state index in [9.17, 15) is 4.79 Å². The summed E-state index contributed by atoms with van der Waals surface area (Å²) in [6, 6.07) is 3.84. The van der Waals surface area contributed by atoms with Crippen LogP contribution in [0.15, 0.2) is 35.2 Å². The van der Waals surface area contributed by atoms with E-state index in [0.29, 0.717) is 18.2 Å². The maximum absolute atomic E-state index is 12.8. The Balaban J connectivity index is 1.45. The number of piperidine rings is 1. The summed E-state index contributed by atoms with van der Waals surface area (Å²) < 4.78 is 7.38. The van der Waals surface area contributed by atoms with E-state index >= 15 is 0 Å². The van der Waals surface area contributed by atoms with Crippen molar-refractivity contribution in [2.75, 3.05) is 13.1 Å². The summed E-state index contributed by atoms with van der Waals surface area (Å²) in [4.78, 5) is 27.1. The molecule has 1 fully saturated rings. The van der Waals surface area contributed by atoms with Crippen molar-refractivity contribution < 1.29 is 9.32 Å². The third kappa shape index (κ3) is 2.76. The minimum atomic E-state index is 0.0716. The van der Waals surface area contributed by atoms with Crippen molar-refractivity contribution in [3.05, 3.63) is 48.0 Å². The Kier molecular flexibility index (Phi) is 3.92. The van der Waals surface area contributed by atoms with Crippen LogP contribution in [-0.2, 0) is 11.2 Å². The summed E-state index contributed by atoms with van der Waals surface area (Å²) in [6.45, 7) is 5.51. The van der Waals surface area contributed by atoms with E-state index in [1.807, 2.05) is 42.5 Å². The van der Waals surface area contributed by atoms with Crippen molar-refractivity contribution in [1.82, 2.24) is 29.4 Å². The summed E-state index contributed by atoms with van der Waals surface area (Å²) in [5.74, 6) is 2.27. The summed E-state index contributed by atoms with van der Waals surface area (Å²) in [5, 5.41) is 3.87. The Morgan fingerprint density at radius 3 is 3.04 bits per heavy atom. The number of hydrogen-bond acceptors (Lipinski definition) is 5. The molecule has 4 aromatic rings. The van der Waals surface area contributed by atoms with Gasteiger partial charge in [0.05, 0.1) is 35.5 Å². The van der Waals surface area contributed by atoms with Crippen LogP contribution in [0.3, 0.4) is 0 Å². The maximum Gasteiger partial charge on any atom is 0.230 e. The van der Waals surface area contributed by atoms with Crippen molar-refractivity contribution in [2.45, 2.75) is 32.6 Å². The average Bonchev–Trinajstić information content (AvgIpc) is 3.40. The molecule has 0 unspecified atom stereocenters. The van der Waals surface area contributed by atoms with Crippen molar-refractivity contribution in [3.63, 3.8) is 0 Å². The van der Waals surface area contributed by atoms with E-state index in [1.165, 1.54) is 0 Å². The van der Waals surface area contributed by atoms with Crippen molar-refractivity contribution in [3.8, 4) is 0 Å². The van der Waals surface area contributed by atoms with Crippen LogP contribution in [0.5, 0.6) is 0 Å². The fourth-order valence-electron chi connectivity index (χ4n) is 4.15. The zero-order valence-electron chi connectivity index (χ0n) is 15.9. The van der Waals surface area contributed by atoms with Crippen LogP contribution in [0, 0.1) is 12.8 Å². The number of amides is 1. The fraction of sp³-hybridized carbons (Fsp3) is 0.400. The molecule has 0 radical (unpaired) electrons. The number of rotatable bonds is 3. The zero-order chi connectivity index (χ0) is 19.3. The number of H-pyrrole nitrogens is 1. The molecule has 1 aliphatic heterocycles. The van der Waals surface area contributed by atoms with E-state index < -0.39 is 0 Å². The van der Waals surface area contributed by atoms with Crippen LogP contribution < -0.4 is 0 Å². The number of aromatic amines is 1. The SMILES string of the molecule is Cc1cc(CC(=O)N2CC[C@H](C)[C@H](c3ncc4cnc5[nH]ccc5n34)C2)on1. The number of likely N-dealkylation sites (tertiary alicyclic amines) is 1. The Morgan fingerprint density at radius 2 is 2.21 bits per heavy atom. The summed E-state index contributed by atoms with van der Waals surface area (Å²) in [7, 11) is 0. The highest BCUT2D eigenvalue weighted by molar-refractivity contribution is 5.78. The molecule has 1 N–H and O–H groups in total. The van der Waals surface area contributed by atoms with E-state index in [1.54, 1.807) is 0 Å². The topological polar surface area (TPSA) is 92.3 Å². The van der Waals surface area contributed by atoms with E-state index in [2.05, 4.69) is 26.4 Å². The minimum absolute atomic E-state index is 0.0716. The smallest absolute Gasteiger partial charge is 0.230 e. The highest BCUT2D eigenvalue weighted by atomic mass is 16.5. The van der Waals surface area contributed by atoms with Gasteiger partial charge < -0.3 is 14.4 Å². The van der Waals surface area contributed by atoms with Gasteiger partial charge in [0.1, 0.15) is 11.6 Å². The van der Waals surface area contributed by atoms with Gasteiger partial charge in [-0.1, -0.05) is 12.1 Å². The molecule has 0 saturated carbocycles. The number of imidazole rings is 1. The maximum atomic E-state index is 12.8. The zero-order valence-corrected chi connectivity index (χ0v) is 15.9. The lowest BCUT2D eigenvalue weighted by Gasteiger charge is -2.36. The van der Waals surface area contributed by atoms with Crippen LogP contribution in [0.25, 0.3) is 16.7 Å². The van der Waals surface area contributed by atoms with Crippen LogP contribution >= 0.6 is 0 Å². The van der Waals surface area contributed by atoms with Gasteiger partial charge in [-0.3, -0.25) is 9.20 Å². The molecule has 5 heterocycles. The lowest BCUT2D eigenvalue weighted by atomic mass is 9.86. The predicted octanol–water partition coefficient (Wildman–Crippen LogP) is 2.70. The second-order valence-corrected chi connectivity index (χ2v) is 7.67. The largest absolute Gasteiger partial charge is 0.361 e. The second-order valence-electron chi connectivity index (χ2n) is 7.67. The third-order valence-electron chi connectivity index (χ3n) is 5.73. The molecule has 0 aliphatic carbocycles. The van der Waals surface area contributed by atoms with Crippen LogP contribution in [0.2, 0.25) is 0 Å². The number of carbonyl (C=O) groups excluding carboxylic acids is 1. The summed E-state index contributed by atoms with van der Waals surface area (Å²) in [6.07, 6.45) is 6.77. The lowest BCUT2D eigenvalue weighted by molar-refractivity contribution is -0.132. The molecule has 4 aromatic heterocycles. The molecule has 1 aliphatic rings. The second kappa shape index (κ2) is 6.47.